The lowest BCUT2D eigenvalue weighted by atomic mass is 9.86. The summed E-state index contributed by atoms with van der Waals surface area (Å²) in [5, 5.41) is 4.18. The highest BCUT2D eigenvalue weighted by atomic mass is 79.9. The highest BCUT2D eigenvalue weighted by Crippen LogP contribution is 2.22. The summed E-state index contributed by atoms with van der Waals surface area (Å²) in [5.74, 6) is -0.116. The first-order valence-electron chi connectivity index (χ1n) is 7.94. The van der Waals surface area contributed by atoms with Crippen molar-refractivity contribution in [3.63, 3.8) is 0 Å². The van der Waals surface area contributed by atoms with Crippen LogP contribution in [-0.4, -0.2) is 11.6 Å². The van der Waals surface area contributed by atoms with Crippen molar-refractivity contribution < 1.29 is 4.79 Å². The molecule has 1 amide bonds. The minimum atomic E-state index is -0.116. The molecule has 0 saturated carbocycles. The third kappa shape index (κ3) is 5.31. The molecule has 0 spiro atoms. The maximum Gasteiger partial charge on any atom is 0.244 e. The largest absolute Gasteiger partial charge is 0.273 e. The molecule has 0 aliphatic carbocycles. The van der Waals surface area contributed by atoms with E-state index in [1.165, 1.54) is 5.56 Å². The number of amides is 1. The summed E-state index contributed by atoms with van der Waals surface area (Å²) in [4.78, 5) is 12.1. The van der Waals surface area contributed by atoms with Gasteiger partial charge in [-0.2, -0.15) is 5.10 Å². The molecule has 4 heteroatoms. The highest BCUT2D eigenvalue weighted by Gasteiger charge is 2.13. The van der Waals surface area contributed by atoms with E-state index in [0.717, 1.165) is 21.3 Å². The van der Waals surface area contributed by atoms with Crippen molar-refractivity contribution in [2.75, 3.05) is 0 Å². The average molecular weight is 387 g/mol. The van der Waals surface area contributed by atoms with Crippen LogP contribution in [0.1, 0.15) is 44.4 Å². The second-order valence-electron chi connectivity index (χ2n) is 6.86. The summed E-state index contributed by atoms with van der Waals surface area (Å²) in [6.07, 6.45) is 0.321. The molecule has 0 aliphatic rings. The van der Waals surface area contributed by atoms with Gasteiger partial charge in [-0.25, -0.2) is 5.43 Å². The van der Waals surface area contributed by atoms with Gasteiger partial charge in [-0.3, -0.25) is 4.79 Å². The third-order valence-corrected chi connectivity index (χ3v) is 4.32. The second-order valence-corrected chi connectivity index (χ2v) is 7.78. The molecular formula is C20H23BrN2O. The van der Waals surface area contributed by atoms with Crippen molar-refractivity contribution in [2.45, 2.75) is 39.5 Å². The summed E-state index contributed by atoms with van der Waals surface area (Å²) in [6, 6.07) is 16.0. The molecule has 0 bridgehead atoms. The Balaban J connectivity index is 1.95. The Morgan fingerprint density at radius 3 is 2.17 bits per heavy atom. The highest BCUT2D eigenvalue weighted by molar-refractivity contribution is 9.10. The minimum absolute atomic E-state index is 0.116. The number of carbonyl (C=O) groups excluding carboxylic acids is 1. The van der Waals surface area contributed by atoms with Crippen LogP contribution in [-0.2, 0) is 16.6 Å². The summed E-state index contributed by atoms with van der Waals surface area (Å²) in [5.41, 5.74) is 6.74. The second kappa shape index (κ2) is 7.75. The maximum atomic E-state index is 12.1. The molecule has 0 aromatic heterocycles. The van der Waals surface area contributed by atoms with Gasteiger partial charge < -0.3 is 0 Å². The Morgan fingerprint density at radius 1 is 1.04 bits per heavy atom. The number of carbonyl (C=O) groups is 1. The zero-order valence-electron chi connectivity index (χ0n) is 14.6. The fourth-order valence-electron chi connectivity index (χ4n) is 2.25. The molecule has 2 rings (SSSR count). The molecule has 2 aromatic carbocycles. The van der Waals surface area contributed by atoms with E-state index in [2.05, 4.69) is 59.4 Å². The molecular weight excluding hydrogens is 364 g/mol. The van der Waals surface area contributed by atoms with E-state index in [9.17, 15) is 4.79 Å². The van der Waals surface area contributed by atoms with Crippen molar-refractivity contribution >= 4 is 27.5 Å². The van der Waals surface area contributed by atoms with Crippen molar-refractivity contribution in [3.8, 4) is 0 Å². The molecule has 0 heterocycles. The van der Waals surface area contributed by atoms with Crippen LogP contribution in [0.15, 0.2) is 58.1 Å². The molecule has 126 valence electrons. The molecule has 0 aliphatic heterocycles. The zero-order valence-corrected chi connectivity index (χ0v) is 16.1. The predicted octanol–water partition coefficient (Wildman–Crippen LogP) is 4.83. The van der Waals surface area contributed by atoms with E-state index in [-0.39, 0.29) is 11.3 Å². The van der Waals surface area contributed by atoms with Crippen LogP contribution in [0.4, 0.5) is 0 Å². The number of halogens is 1. The van der Waals surface area contributed by atoms with Gasteiger partial charge in [0.1, 0.15) is 0 Å². The van der Waals surface area contributed by atoms with Gasteiger partial charge in [0, 0.05) is 4.47 Å². The number of nitrogens with zero attached hydrogens (tertiary/aromatic N) is 1. The lowest BCUT2D eigenvalue weighted by Gasteiger charge is -2.19. The summed E-state index contributed by atoms with van der Waals surface area (Å²) < 4.78 is 1.02. The Kier molecular flexibility index (Phi) is 5.94. The molecule has 0 atom stereocenters. The predicted molar refractivity (Wildman–Crippen MR) is 103 cm³/mol. The van der Waals surface area contributed by atoms with Gasteiger partial charge in [0.15, 0.2) is 0 Å². The van der Waals surface area contributed by atoms with Gasteiger partial charge in [0.25, 0.3) is 0 Å². The fraction of sp³-hybridized carbons (Fsp3) is 0.300. The van der Waals surface area contributed by atoms with Crippen LogP contribution < -0.4 is 5.43 Å². The smallest absolute Gasteiger partial charge is 0.244 e. The van der Waals surface area contributed by atoms with E-state index in [0.29, 0.717) is 6.42 Å². The van der Waals surface area contributed by atoms with Crippen LogP contribution in [0.25, 0.3) is 0 Å². The van der Waals surface area contributed by atoms with Crippen molar-refractivity contribution in [2.24, 2.45) is 5.10 Å². The number of hydrogen-bond donors (Lipinski definition) is 1. The van der Waals surface area contributed by atoms with E-state index in [1.54, 1.807) is 0 Å². The van der Waals surface area contributed by atoms with Gasteiger partial charge in [-0.1, -0.05) is 73.1 Å². The van der Waals surface area contributed by atoms with Gasteiger partial charge >= 0.3 is 0 Å². The molecule has 24 heavy (non-hydrogen) atoms. The van der Waals surface area contributed by atoms with E-state index in [1.807, 2.05) is 43.3 Å². The Bertz CT molecular complexity index is 726. The van der Waals surface area contributed by atoms with Gasteiger partial charge in [-0.15, -0.1) is 0 Å². The maximum absolute atomic E-state index is 12.1. The van der Waals surface area contributed by atoms with Crippen LogP contribution in [0.5, 0.6) is 0 Å². The average Bonchev–Trinajstić information content (AvgIpc) is 2.53. The Morgan fingerprint density at radius 2 is 1.62 bits per heavy atom. The Hall–Kier alpha value is -1.94. The molecule has 0 fully saturated rings. The topological polar surface area (TPSA) is 41.5 Å². The molecule has 0 saturated heterocycles. The zero-order chi connectivity index (χ0) is 17.7. The third-order valence-electron chi connectivity index (χ3n) is 3.79. The van der Waals surface area contributed by atoms with Crippen molar-refractivity contribution in [1.82, 2.24) is 5.43 Å². The van der Waals surface area contributed by atoms with Gasteiger partial charge in [0.05, 0.1) is 12.1 Å². The quantitative estimate of drug-likeness (QED) is 0.593. The number of hydrogen-bond acceptors (Lipinski definition) is 2. The van der Waals surface area contributed by atoms with E-state index < -0.39 is 0 Å². The summed E-state index contributed by atoms with van der Waals surface area (Å²) in [7, 11) is 0. The van der Waals surface area contributed by atoms with E-state index in [4.69, 9.17) is 0 Å². The lowest BCUT2D eigenvalue weighted by Crippen LogP contribution is -2.21. The lowest BCUT2D eigenvalue weighted by molar-refractivity contribution is -0.120. The van der Waals surface area contributed by atoms with Crippen LogP contribution in [0.3, 0.4) is 0 Å². The van der Waals surface area contributed by atoms with Crippen LogP contribution in [0, 0.1) is 0 Å². The molecule has 3 nitrogen and oxygen atoms in total. The van der Waals surface area contributed by atoms with Crippen molar-refractivity contribution in [3.05, 3.63) is 69.7 Å². The van der Waals surface area contributed by atoms with Crippen LogP contribution >= 0.6 is 15.9 Å². The SMILES string of the molecule is C/C(=N/NC(=O)Cc1ccc(C(C)(C)C)cc1)c1ccc(Br)cc1. The summed E-state index contributed by atoms with van der Waals surface area (Å²) >= 11 is 3.40. The molecule has 2 aromatic rings. The van der Waals surface area contributed by atoms with Crippen LogP contribution in [0.2, 0.25) is 0 Å². The van der Waals surface area contributed by atoms with E-state index >= 15 is 0 Å². The standard InChI is InChI=1S/C20H23BrN2O/c1-14(16-7-11-18(21)12-8-16)22-23-19(24)13-15-5-9-17(10-6-15)20(2,3)4/h5-12H,13H2,1-4H3,(H,23,24)/b22-14-. The first-order valence-corrected chi connectivity index (χ1v) is 8.73. The van der Waals surface area contributed by atoms with Gasteiger partial charge in [0.2, 0.25) is 5.91 Å². The minimum Gasteiger partial charge on any atom is -0.273 e. The fourth-order valence-corrected chi connectivity index (χ4v) is 2.51. The molecule has 0 unspecified atom stereocenters. The first-order chi connectivity index (χ1) is 11.3. The Labute approximate surface area is 152 Å². The molecule has 1 N–H and O–H groups in total. The first kappa shape index (κ1) is 18.4. The number of rotatable bonds is 4. The normalized spacial score (nSPS) is 12.1. The molecule has 0 radical (unpaired) electrons. The van der Waals surface area contributed by atoms with Gasteiger partial charge in [-0.05, 0) is 41.2 Å². The monoisotopic (exact) mass is 386 g/mol. The number of hydrazone groups is 1. The van der Waals surface area contributed by atoms with Crippen molar-refractivity contribution in [1.29, 1.82) is 0 Å². The number of benzene rings is 2. The number of nitrogens with one attached hydrogen (secondary N) is 1. The summed E-state index contributed by atoms with van der Waals surface area (Å²) in [6.45, 7) is 8.40.